The molecular weight excluding hydrogens is 646 g/mol. The predicted molar refractivity (Wildman–Crippen MR) is 190 cm³/mol. The van der Waals surface area contributed by atoms with E-state index in [1.807, 2.05) is 30.6 Å². The van der Waals surface area contributed by atoms with Gasteiger partial charge in [0.15, 0.2) is 0 Å². The van der Waals surface area contributed by atoms with Crippen molar-refractivity contribution in [2.75, 3.05) is 63.4 Å². The van der Waals surface area contributed by atoms with Gasteiger partial charge in [0.25, 0.3) is 0 Å². The van der Waals surface area contributed by atoms with Crippen LogP contribution >= 0.6 is 0 Å². The van der Waals surface area contributed by atoms with E-state index in [2.05, 4.69) is 118 Å². The van der Waals surface area contributed by atoms with Crippen LogP contribution in [0.4, 0.5) is 11.4 Å². The SMILES string of the molecule is COCCN1C=CN(CCOC)[CH-]1.Cc1cc(C)c(N2[CH-]N(c3c(C)cc(C)cc3C)CC2)c(C)c1.Cc1ccccc1.[CH3-].[RuH+3]. The van der Waals surface area contributed by atoms with Crippen LogP contribution in [0.2, 0.25) is 0 Å². The second kappa shape index (κ2) is 20.3. The van der Waals surface area contributed by atoms with Gasteiger partial charge in [-0.3, -0.25) is 0 Å². The minimum atomic E-state index is 0. The number of ether oxygens (including phenoxy) is 2. The molecule has 5 rings (SSSR count). The van der Waals surface area contributed by atoms with Crippen LogP contribution in [-0.2, 0) is 29.0 Å². The standard InChI is InChI=1S/C21H27N2.C9H17N2O2.C7H8.CH3.Ru.H/c1-14-9-16(3)20(17(4)10-14)22-7-8-23(13-22)21-18(5)11-15(2)12-19(21)6;1-12-7-5-10-3-4-11(9-10)6-8-13-2;1-7-5-3-2-4-6-7;;;/h9-13H,7-8H2,1-6H3;3-4,9H,5-8H2,1-2H3;2-6H,1H3;1H3;;/q2*-1;;-1;+3;. The van der Waals surface area contributed by atoms with Crippen molar-refractivity contribution in [3.63, 3.8) is 0 Å². The molecule has 0 saturated carbocycles. The molecule has 1 fully saturated rings. The molecule has 0 spiro atoms. The second-order valence-electron chi connectivity index (χ2n) is 11.5. The number of benzene rings is 3. The van der Waals surface area contributed by atoms with E-state index in [1.165, 1.54) is 50.3 Å². The molecular formula is C38H56N4O2Ru. The Bertz CT molecular complexity index is 1190. The van der Waals surface area contributed by atoms with E-state index in [0.717, 1.165) is 39.4 Å². The molecule has 0 atom stereocenters. The van der Waals surface area contributed by atoms with Crippen molar-refractivity contribution in [3.05, 3.63) is 127 Å². The Labute approximate surface area is 287 Å². The van der Waals surface area contributed by atoms with Crippen LogP contribution in [0.1, 0.15) is 38.9 Å². The minimum absolute atomic E-state index is 0. The summed E-state index contributed by atoms with van der Waals surface area (Å²) in [4.78, 5) is 9.00. The van der Waals surface area contributed by atoms with Crippen LogP contribution in [0.5, 0.6) is 0 Å². The molecule has 0 N–H and O–H groups in total. The number of methoxy groups -OCH3 is 2. The molecule has 0 aromatic heterocycles. The summed E-state index contributed by atoms with van der Waals surface area (Å²) >= 11 is 0. The van der Waals surface area contributed by atoms with Gasteiger partial charge >= 0.3 is 19.5 Å². The monoisotopic (exact) mass is 702 g/mol. The molecule has 6 nitrogen and oxygen atoms in total. The van der Waals surface area contributed by atoms with Crippen molar-refractivity contribution in [2.24, 2.45) is 0 Å². The number of nitrogens with zero attached hydrogens (tertiary/aromatic N) is 4. The van der Waals surface area contributed by atoms with Gasteiger partial charge in [-0.05, 0) is 83.1 Å². The van der Waals surface area contributed by atoms with Gasteiger partial charge in [0.05, 0.1) is 13.2 Å². The Morgan fingerprint density at radius 3 is 1.27 bits per heavy atom. The van der Waals surface area contributed by atoms with E-state index in [4.69, 9.17) is 9.47 Å². The molecule has 0 bridgehead atoms. The van der Waals surface area contributed by atoms with Crippen LogP contribution in [0.15, 0.2) is 67.0 Å². The molecule has 248 valence electrons. The molecule has 45 heavy (non-hydrogen) atoms. The van der Waals surface area contributed by atoms with Crippen LogP contribution < -0.4 is 9.80 Å². The topological polar surface area (TPSA) is 31.4 Å². The molecule has 3 aromatic carbocycles. The second-order valence-corrected chi connectivity index (χ2v) is 11.5. The first-order valence-corrected chi connectivity index (χ1v) is 15.2. The molecule has 7 heteroatoms. The first kappa shape index (κ1) is 40.2. The van der Waals surface area contributed by atoms with Gasteiger partial charge in [0.2, 0.25) is 0 Å². The number of anilines is 2. The fraction of sp³-hybridized carbons (Fsp3) is 0.395. The molecule has 0 aliphatic carbocycles. The maximum absolute atomic E-state index is 4.98. The van der Waals surface area contributed by atoms with Gasteiger partial charge < -0.3 is 36.5 Å². The van der Waals surface area contributed by atoms with E-state index in [1.54, 1.807) is 14.2 Å². The number of rotatable bonds is 8. The Balaban J connectivity index is 0.000000389. The summed E-state index contributed by atoms with van der Waals surface area (Å²) in [6.07, 6.45) is 4.07. The summed E-state index contributed by atoms with van der Waals surface area (Å²) in [5.41, 5.74) is 12.2. The first-order valence-electron chi connectivity index (χ1n) is 15.2. The molecule has 3 aromatic rings. The van der Waals surface area contributed by atoms with E-state index in [-0.39, 0.29) is 26.9 Å². The average molecular weight is 702 g/mol. The number of aryl methyl sites for hydroxylation is 7. The summed E-state index contributed by atoms with van der Waals surface area (Å²) in [5, 5.41) is 0. The summed E-state index contributed by atoms with van der Waals surface area (Å²) < 4.78 is 9.96. The third-order valence-corrected chi connectivity index (χ3v) is 7.50. The summed E-state index contributed by atoms with van der Waals surface area (Å²) in [6.45, 7) is 25.0. The average Bonchev–Trinajstić information content (AvgIpc) is 3.61. The Kier molecular flexibility index (Phi) is 18.1. The van der Waals surface area contributed by atoms with Gasteiger partial charge in [0, 0.05) is 51.8 Å². The zero-order valence-electron chi connectivity index (χ0n) is 29.2. The van der Waals surface area contributed by atoms with Crippen molar-refractivity contribution in [3.8, 4) is 0 Å². The third-order valence-electron chi connectivity index (χ3n) is 7.50. The fourth-order valence-corrected chi connectivity index (χ4v) is 5.72. The van der Waals surface area contributed by atoms with Crippen molar-refractivity contribution >= 4 is 11.4 Å². The van der Waals surface area contributed by atoms with Gasteiger partial charge in [-0.2, -0.15) is 13.3 Å². The van der Waals surface area contributed by atoms with E-state index >= 15 is 0 Å². The van der Waals surface area contributed by atoms with E-state index < -0.39 is 0 Å². The fourth-order valence-electron chi connectivity index (χ4n) is 5.72. The van der Waals surface area contributed by atoms with Crippen LogP contribution in [0, 0.1) is 69.2 Å². The van der Waals surface area contributed by atoms with Crippen molar-refractivity contribution in [1.29, 1.82) is 0 Å². The van der Waals surface area contributed by atoms with Crippen LogP contribution in [-0.4, -0.2) is 63.4 Å². The van der Waals surface area contributed by atoms with Crippen molar-refractivity contribution in [2.45, 2.75) is 48.5 Å². The summed E-state index contributed by atoms with van der Waals surface area (Å²) in [6, 6.07) is 19.4. The normalized spacial score (nSPS) is 13.4. The summed E-state index contributed by atoms with van der Waals surface area (Å²) in [5.74, 6) is 0. The van der Waals surface area contributed by atoms with Crippen LogP contribution in [0.25, 0.3) is 0 Å². The zero-order chi connectivity index (χ0) is 31.4. The zero-order valence-corrected chi connectivity index (χ0v) is 31.1. The van der Waals surface area contributed by atoms with Gasteiger partial charge in [-0.1, -0.05) is 71.3 Å². The number of hydrogen-bond donors (Lipinski definition) is 0. The summed E-state index contributed by atoms with van der Waals surface area (Å²) in [7, 11) is 3.42. The Morgan fingerprint density at radius 2 is 0.956 bits per heavy atom. The molecule has 1 radical (unpaired) electrons. The van der Waals surface area contributed by atoms with E-state index in [9.17, 15) is 0 Å². The van der Waals surface area contributed by atoms with E-state index in [0.29, 0.717) is 0 Å². The molecule has 2 aliphatic rings. The first-order chi connectivity index (χ1) is 20.6. The van der Waals surface area contributed by atoms with Gasteiger partial charge in [-0.15, -0.1) is 0 Å². The Morgan fingerprint density at radius 1 is 0.578 bits per heavy atom. The maximum atomic E-state index is 4.98. The quantitative estimate of drug-likeness (QED) is 0.177. The third kappa shape index (κ3) is 12.5. The van der Waals surface area contributed by atoms with Crippen LogP contribution in [0.3, 0.4) is 0 Å². The predicted octanol–water partition coefficient (Wildman–Crippen LogP) is 7.65. The van der Waals surface area contributed by atoms with Gasteiger partial charge in [-0.25, -0.2) is 0 Å². The molecule has 0 unspecified atom stereocenters. The van der Waals surface area contributed by atoms with Gasteiger partial charge in [0.1, 0.15) is 0 Å². The van der Waals surface area contributed by atoms with Crippen molar-refractivity contribution in [1.82, 2.24) is 9.80 Å². The molecule has 0 amide bonds. The van der Waals surface area contributed by atoms with Crippen molar-refractivity contribution < 1.29 is 29.0 Å². The number of hydrogen-bond acceptors (Lipinski definition) is 6. The molecule has 2 heterocycles. The molecule has 2 aliphatic heterocycles. The Hall–Kier alpha value is -2.86. The molecule has 1 saturated heterocycles.